The van der Waals surface area contributed by atoms with E-state index in [1.54, 1.807) is 13.8 Å². The fourth-order valence-electron chi connectivity index (χ4n) is 1.92. The first-order valence-corrected chi connectivity index (χ1v) is 7.97. The maximum absolute atomic E-state index is 12.0. The summed E-state index contributed by atoms with van der Waals surface area (Å²) >= 11 is 7.31. The Morgan fingerprint density at radius 1 is 1.38 bits per heavy atom. The van der Waals surface area contributed by atoms with Crippen LogP contribution in [0.1, 0.15) is 23.7 Å². The molecule has 1 aromatic carbocycles. The van der Waals surface area contributed by atoms with Gasteiger partial charge in [-0.3, -0.25) is 4.79 Å². The minimum Gasteiger partial charge on any atom is -0.393 e. The van der Waals surface area contributed by atoms with Gasteiger partial charge in [-0.1, -0.05) is 35.5 Å². The molecule has 0 bridgehead atoms. The van der Waals surface area contributed by atoms with E-state index in [4.69, 9.17) is 11.6 Å². The lowest BCUT2D eigenvalue weighted by Gasteiger charge is -2.08. The normalized spacial score (nSPS) is 12.4. The summed E-state index contributed by atoms with van der Waals surface area (Å²) in [7, 11) is 0. The van der Waals surface area contributed by atoms with Crippen molar-refractivity contribution < 1.29 is 5.11 Å². The van der Waals surface area contributed by atoms with Crippen molar-refractivity contribution in [3.8, 4) is 0 Å². The first-order chi connectivity index (χ1) is 9.95. The van der Waals surface area contributed by atoms with Crippen molar-refractivity contribution in [2.24, 2.45) is 0 Å². The van der Waals surface area contributed by atoms with Crippen molar-refractivity contribution >= 4 is 23.4 Å². The van der Waals surface area contributed by atoms with Gasteiger partial charge in [-0.25, -0.2) is 4.98 Å². The molecule has 0 aliphatic heterocycles. The first-order valence-electron chi connectivity index (χ1n) is 6.61. The summed E-state index contributed by atoms with van der Waals surface area (Å²) in [6.45, 7) is 3.45. The van der Waals surface area contributed by atoms with E-state index in [1.165, 1.54) is 11.8 Å². The molecule has 6 heteroatoms. The summed E-state index contributed by atoms with van der Waals surface area (Å²) < 4.78 is 0. The van der Waals surface area contributed by atoms with Gasteiger partial charge < -0.3 is 10.1 Å². The summed E-state index contributed by atoms with van der Waals surface area (Å²) in [5, 5.41) is 10.7. The Kier molecular flexibility index (Phi) is 5.45. The maximum Gasteiger partial charge on any atom is 0.255 e. The molecule has 0 aliphatic carbocycles. The number of hydrogen-bond acceptors (Lipinski definition) is 4. The van der Waals surface area contributed by atoms with Crippen molar-refractivity contribution in [3.63, 3.8) is 0 Å². The highest BCUT2D eigenvalue weighted by atomic mass is 35.5. The molecule has 1 atom stereocenters. The molecular weight excluding hydrogens is 308 g/mol. The number of aromatic amines is 1. The van der Waals surface area contributed by atoms with E-state index in [0.29, 0.717) is 33.6 Å². The van der Waals surface area contributed by atoms with E-state index in [-0.39, 0.29) is 5.56 Å². The third kappa shape index (κ3) is 4.59. The van der Waals surface area contributed by atoms with E-state index in [1.807, 2.05) is 24.3 Å². The molecule has 2 aromatic rings. The molecule has 1 unspecified atom stereocenters. The second-order valence-corrected chi connectivity index (χ2v) is 6.30. The number of nitrogens with one attached hydrogen (secondary N) is 1. The predicted molar refractivity (Wildman–Crippen MR) is 86.0 cm³/mol. The van der Waals surface area contributed by atoms with Crippen molar-refractivity contribution in [2.45, 2.75) is 37.3 Å². The number of rotatable bonds is 5. The molecule has 0 saturated heterocycles. The molecule has 0 aliphatic rings. The number of aliphatic hydroxyl groups excluding tert-OH is 1. The summed E-state index contributed by atoms with van der Waals surface area (Å²) in [5.41, 5.74) is 2.14. The number of aromatic nitrogens is 2. The number of benzene rings is 1. The highest BCUT2D eigenvalue weighted by Crippen LogP contribution is 2.20. The molecule has 4 nitrogen and oxygen atoms in total. The molecule has 0 amide bonds. The van der Waals surface area contributed by atoms with Gasteiger partial charge >= 0.3 is 0 Å². The minimum atomic E-state index is -0.556. The van der Waals surface area contributed by atoms with Gasteiger partial charge in [-0.2, -0.15) is 0 Å². The van der Waals surface area contributed by atoms with Gasteiger partial charge in [0.1, 0.15) is 0 Å². The van der Waals surface area contributed by atoms with Crippen LogP contribution in [-0.4, -0.2) is 21.2 Å². The standard InChI is InChI=1S/C15H17ClN2O2S/c1-9(19)7-13-10(2)17-15(18-14(13)20)21-8-11-3-5-12(16)6-4-11/h3-6,9,19H,7-8H2,1-2H3,(H,17,18,20). The summed E-state index contributed by atoms with van der Waals surface area (Å²) in [5.74, 6) is 0.704. The molecule has 0 fully saturated rings. The van der Waals surface area contributed by atoms with Gasteiger partial charge in [0.2, 0.25) is 0 Å². The average Bonchev–Trinajstić information content (AvgIpc) is 2.42. The zero-order valence-electron chi connectivity index (χ0n) is 11.9. The number of thioether (sulfide) groups is 1. The number of H-pyrrole nitrogens is 1. The zero-order valence-corrected chi connectivity index (χ0v) is 13.5. The topological polar surface area (TPSA) is 66.0 Å². The highest BCUT2D eigenvalue weighted by Gasteiger charge is 2.11. The van der Waals surface area contributed by atoms with Gasteiger partial charge in [0.15, 0.2) is 5.16 Å². The number of halogens is 1. The van der Waals surface area contributed by atoms with Crippen LogP contribution in [0.15, 0.2) is 34.2 Å². The fraction of sp³-hybridized carbons (Fsp3) is 0.333. The van der Waals surface area contributed by atoms with Crippen LogP contribution in [-0.2, 0) is 12.2 Å². The third-order valence-electron chi connectivity index (χ3n) is 2.99. The van der Waals surface area contributed by atoms with Gasteiger partial charge in [0.25, 0.3) is 5.56 Å². The molecule has 1 aromatic heterocycles. The van der Waals surface area contributed by atoms with Crippen LogP contribution < -0.4 is 5.56 Å². The van der Waals surface area contributed by atoms with Crippen molar-refractivity contribution in [3.05, 3.63) is 56.5 Å². The number of hydrogen-bond donors (Lipinski definition) is 2. The maximum atomic E-state index is 12.0. The van der Waals surface area contributed by atoms with Crippen LogP contribution >= 0.6 is 23.4 Å². The quantitative estimate of drug-likeness (QED) is 0.655. The van der Waals surface area contributed by atoms with Crippen LogP contribution in [0.4, 0.5) is 0 Å². The fourth-order valence-corrected chi connectivity index (χ4v) is 2.91. The van der Waals surface area contributed by atoms with Crippen LogP contribution in [0, 0.1) is 6.92 Å². The summed E-state index contributed by atoms with van der Waals surface area (Å²) in [6.07, 6.45) is -0.241. The van der Waals surface area contributed by atoms with Crippen LogP contribution in [0.5, 0.6) is 0 Å². The van der Waals surface area contributed by atoms with Crippen LogP contribution in [0.2, 0.25) is 5.02 Å². The molecule has 2 N–H and O–H groups in total. The van der Waals surface area contributed by atoms with Gasteiger partial charge in [0, 0.05) is 28.5 Å². The predicted octanol–water partition coefficient (Wildman–Crippen LogP) is 2.95. The minimum absolute atomic E-state index is 0.179. The summed E-state index contributed by atoms with van der Waals surface area (Å²) in [6, 6.07) is 7.57. The highest BCUT2D eigenvalue weighted by molar-refractivity contribution is 7.98. The second kappa shape index (κ2) is 7.11. The number of nitrogens with zero attached hydrogens (tertiary/aromatic N) is 1. The van der Waals surface area contributed by atoms with E-state index in [2.05, 4.69) is 9.97 Å². The van der Waals surface area contributed by atoms with Gasteiger partial charge in [0.05, 0.1) is 6.10 Å². The third-order valence-corrected chi connectivity index (χ3v) is 4.19. The first kappa shape index (κ1) is 16.1. The Bertz CT molecular complexity index is 668. The molecule has 112 valence electrons. The lowest BCUT2D eigenvalue weighted by atomic mass is 10.1. The van der Waals surface area contributed by atoms with Gasteiger partial charge in [-0.15, -0.1) is 0 Å². The Morgan fingerprint density at radius 3 is 2.62 bits per heavy atom. The average molecular weight is 325 g/mol. The zero-order chi connectivity index (χ0) is 15.4. The van der Waals surface area contributed by atoms with Crippen molar-refractivity contribution in [2.75, 3.05) is 0 Å². The molecule has 0 spiro atoms. The lowest BCUT2D eigenvalue weighted by molar-refractivity contribution is 0.194. The molecule has 21 heavy (non-hydrogen) atoms. The molecule has 2 rings (SSSR count). The van der Waals surface area contributed by atoms with Crippen LogP contribution in [0.25, 0.3) is 0 Å². The van der Waals surface area contributed by atoms with E-state index in [9.17, 15) is 9.90 Å². The molecule has 0 radical (unpaired) electrons. The van der Waals surface area contributed by atoms with E-state index < -0.39 is 6.10 Å². The van der Waals surface area contributed by atoms with Crippen molar-refractivity contribution in [1.29, 1.82) is 0 Å². The molecule has 0 saturated carbocycles. The van der Waals surface area contributed by atoms with E-state index >= 15 is 0 Å². The van der Waals surface area contributed by atoms with E-state index in [0.717, 1.165) is 5.56 Å². The monoisotopic (exact) mass is 324 g/mol. The SMILES string of the molecule is Cc1nc(SCc2ccc(Cl)cc2)[nH]c(=O)c1CC(C)O. The largest absolute Gasteiger partial charge is 0.393 e. The number of aryl methyl sites for hydroxylation is 1. The molecular formula is C15H17ClN2O2S. The van der Waals surface area contributed by atoms with Crippen molar-refractivity contribution in [1.82, 2.24) is 9.97 Å². The Morgan fingerprint density at radius 2 is 2.05 bits per heavy atom. The second-order valence-electron chi connectivity index (χ2n) is 4.90. The number of aliphatic hydroxyl groups is 1. The summed E-state index contributed by atoms with van der Waals surface area (Å²) in [4.78, 5) is 19.2. The Hall–Kier alpha value is -1.30. The molecule has 1 heterocycles. The Labute approximate surface area is 132 Å². The van der Waals surface area contributed by atoms with Gasteiger partial charge in [-0.05, 0) is 31.5 Å². The lowest BCUT2D eigenvalue weighted by Crippen LogP contribution is -2.21. The van der Waals surface area contributed by atoms with Crippen LogP contribution in [0.3, 0.4) is 0 Å². The smallest absolute Gasteiger partial charge is 0.255 e. The Balaban J connectivity index is 2.11.